The number of hydrogen-bond donors (Lipinski definition) is 2. The Morgan fingerprint density at radius 2 is 2.00 bits per heavy atom. The van der Waals surface area contributed by atoms with Crippen LogP contribution in [-0.2, 0) is 4.79 Å². The van der Waals surface area contributed by atoms with Crippen molar-refractivity contribution in [2.45, 2.75) is 31.6 Å². The van der Waals surface area contributed by atoms with Gasteiger partial charge in [0.05, 0.1) is 0 Å². The SMILES string of the molecule is CC1(NC(=O)C(F)(F)F)CCCN1C(=O)O. The van der Waals surface area contributed by atoms with Crippen LogP contribution in [-0.4, -0.2) is 40.4 Å². The number of nitrogens with zero attached hydrogens (tertiary/aromatic N) is 1. The van der Waals surface area contributed by atoms with Crippen LogP contribution in [0.1, 0.15) is 19.8 Å². The van der Waals surface area contributed by atoms with Crippen LogP contribution < -0.4 is 5.32 Å². The van der Waals surface area contributed by atoms with Crippen LogP contribution in [0.3, 0.4) is 0 Å². The third-order valence-electron chi connectivity index (χ3n) is 2.51. The molecule has 0 saturated carbocycles. The summed E-state index contributed by atoms with van der Waals surface area (Å²) >= 11 is 0. The van der Waals surface area contributed by atoms with Crippen molar-refractivity contribution < 1.29 is 27.9 Å². The molecule has 1 fully saturated rings. The molecule has 16 heavy (non-hydrogen) atoms. The molecule has 1 aliphatic rings. The van der Waals surface area contributed by atoms with Crippen molar-refractivity contribution in [3.05, 3.63) is 0 Å². The van der Waals surface area contributed by atoms with E-state index in [4.69, 9.17) is 5.11 Å². The zero-order valence-electron chi connectivity index (χ0n) is 8.47. The summed E-state index contributed by atoms with van der Waals surface area (Å²) in [5.41, 5.74) is -1.47. The average Bonchev–Trinajstić information content (AvgIpc) is 2.45. The largest absolute Gasteiger partial charge is 0.471 e. The second-order valence-corrected chi connectivity index (χ2v) is 3.76. The number of carbonyl (C=O) groups is 2. The van der Waals surface area contributed by atoms with E-state index >= 15 is 0 Å². The van der Waals surface area contributed by atoms with Gasteiger partial charge in [0, 0.05) is 6.54 Å². The van der Waals surface area contributed by atoms with Crippen molar-refractivity contribution in [1.82, 2.24) is 10.2 Å². The van der Waals surface area contributed by atoms with E-state index in [1.165, 1.54) is 6.92 Å². The summed E-state index contributed by atoms with van der Waals surface area (Å²) in [4.78, 5) is 22.3. The Hall–Kier alpha value is -1.47. The molecule has 0 spiro atoms. The minimum atomic E-state index is -5.00. The van der Waals surface area contributed by atoms with Gasteiger partial charge in [0.1, 0.15) is 5.66 Å². The van der Waals surface area contributed by atoms with Gasteiger partial charge in [-0.1, -0.05) is 0 Å². The van der Waals surface area contributed by atoms with Crippen molar-refractivity contribution in [2.75, 3.05) is 6.54 Å². The van der Waals surface area contributed by atoms with Gasteiger partial charge in [-0.3, -0.25) is 9.69 Å². The van der Waals surface area contributed by atoms with Crippen molar-refractivity contribution in [3.8, 4) is 0 Å². The number of nitrogens with one attached hydrogen (secondary N) is 1. The minimum Gasteiger partial charge on any atom is -0.465 e. The second kappa shape index (κ2) is 3.84. The summed E-state index contributed by atoms with van der Waals surface area (Å²) in [5.74, 6) is -2.12. The molecule has 0 aromatic rings. The number of halogens is 3. The number of likely N-dealkylation sites (tertiary alicyclic amines) is 1. The lowest BCUT2D eigenvalue weighted by molar-refractivity contribution is -0.177. The molecule has 92 valence electrons. The van der Waals surface area contributed by atoms with Crippen LogP contribution in [0.25, 0.3) is 0 Å². The molecule has 8 heteroatoms. The fraction of sp³-hybridized carbons (Fsp3) is 0.750. The molecule has 1 unspecified atom stereocenters. The minimum absolute atomic E-state index is 0.115. The number of hydrogen-bond acceptors (Lipinski definition) is 2. The lowest BCUT2D eigenvalue weighted by Crippen LogP contribution is -2.59. The molecule has 2 amide bonds. The Morgan fingerprint density at radius 1 is 1.44 bits per heavy atom. The Morgan fingerprint density at radius 3 is 2.44 bits per heavy atom. The first-order valence-corrected chi connectivity index (χ1v) is 4.57. The molecule has 1 aliphatic heterocycles. The monoisotopic (exact) mass is 240 g/mol. The zero-order valence-corrected chi connectivity index (χ0v) is 8.47. The predicted molar refractivity (Wildman–Crippen MR) is 46.6 cm³/mol. The van der Waals surface area contributed by atoms with Gasteiger partial charge in [-0.05, 0) is 19.8 Å². The standard InChI is InChI=1S/C8H11F3N2O3/c1-7(12-5(14)8(9,10)11)3-2-4-13(7)6(15)16/h2-4H2,1H3,(H,12,14)(H,15,16). The van der Waals surface area contributed by atoms with Gasteiger partial charge in [0.25, 0.3) is 0 Å². The quantitative estimate of drug-likeness (QED) is 0.722. The highest BCUT2D eigenvalue weighted by Gasteiger charge is 2.47. The van der Waals surface area contributed by atoms with E-state index in [0.29, 0.717) is 6.42 Å². The summed E-state index contributed by atoms with van der Waals surface area (Å²) in [7, 11) is 0. The maximum atomic E-state index is 12.0. The summed E-state index contributed by atoms with van der Waals surface area (Å²) in [6.45, 7) is 1.38. The Labute approximate surface area is 89.2 Å². The average molecular weight is 240 g/mol. The van der Waals surface area contributed by atoms with E-state index in [1.54, 1.807) is 5.32 Å². The number of amides is 2. The van der Waals surface area contributed by atoms with Gasteiger partial charge >= 0.3 is 18.2 Å². The predicted octanol–water partition coefficient (Wildman–Crippen LogP) is 1.15. The summed E-state index contributed by atoms with van der Waals surface area (Å²) in [5, 5.41) is 10.5. The van der Waals surface area contributed by atoms with E-state index in [2.05, 4.69) is 0 Å². The summed E-state index contributed by atoms with van der Waals surface area (Å²) in [6.07, 6.45) is -5.76. The first-order chi connectivity index (χ1) is 7.17. The highest BCUT2D eigenvalue weighted by atomic mass is 19.4. The van der Waals surface area contributed by atoms with E-state index in [9.17, 15) is 22.8 Å². The molecule has 0 aliphatic carbocycles. The third kappa shape index (κ3) is 2.37. The lowest BCUT2D eigenvalue weighted by Gasteiger charge is -2.34. The first kappa shape index (κ1) is 12.6. The number of alkyl halides is 3. The molecule has 0 aromatic heterocycles. The number of rotatable bonds is 1. The molecule has 1 rings (SSSR count). The van der Waals surface area contributed by atoms with Crippen LogP contribution in [0, 0.1) is 0 Å². The molecular weight excluding hydrogens is 229 g/mol. The zero-order chi connectivity index (χ0) is 12.6. The maximum Gasteiger partial charge on any atom is 0.471 e. The van der Waals surface area contributed by atoms with Gasteiger partial charge in [0.15, 0.2) is 0 Å². The molecule has 0 aromatic carbocycles. The molecule has 0 radical (unpaired) electrons. The molecule has 0 bridgehead atoms. The maximum absolute atomic E-state index is 12.0. The topological polar surface area (TPSA) is 69.6 Å². The molecule has 5 nitrogen and oxygen atoms in total. The van der Waals surface area contributed by atoms with Crippen LogP contribution in [0.5, 0.6) is 0 Å². The van der Waals surface area contributed by atoms with Gasteiger partial charge < -0.3 is 10.4 Å². The number of carbonyl (C=O) groups excluding carboxylic acids is 1. The Kier molecular flexibility index (Phi) is 3.02. The van der Waals surface area contributed by atoms with Gasteiger partial charge in [-0.15, -0.1) is 0 Å². The van der Waals surface area contributed by atoms with Crippen LogP contribution in [0.4, 0.5) is 18.0 Å². The van der Waals surface area contributed by atoms with E-state index < -0.39 is 23.8 Å². The van der Waals surface area contributed by atoms with Crippen molar-refractivity contribution >= 4 is 12.0 Å². The number of carboxylic acid groups (broad SMARTS) is 1. The molecule has 2 N–H and O–H groups in total. The normalized spacial score (nSPS) is 25.6. The van der Waals surface area contributed by atoms with Crippen molar-refractivity contribution in [2.24, 2.45) is 0 Å². The third-order valence-corrected chi connectivity index (χ3v) is 2.51. The summed E-state index contributed by atoms with van der Waals surface area (Å²) in [6, 6.07) is 0. The van der Waals surface area contributed by atoms with E-state index in [-0.39, 0.29) is 13.0 Å². The fourth-order valence-corrected chi connectivity index (χ4v) is 1.72. The Bertz CT molecular complexity index is 318. The smallest absolute Gasteiger partial charge is 0.465 e. The second-order valence-electron chi connectivity index (χ2n) is 3.76. The molecule has 1 saturated heterocycles. The fourth-order valence-electron chi connectivity index (χ4n) is 1.72. The summed E-state index contributed by atoms with van der Waals surface area (Å²) < 4.78 is 36.1. The highest BCUT2D eigenvalue weighted by molar-refractivity contribution is 5.83. The lowest BCUT2D eigenvalue weighted by atomic mass is 10.1. The van der Waals surface area contributed by atoms with Crippen molar-refractivity contribution in [3.63, 3.8) is 0 Å². The van der Waals surface area contributed by atoms with Gasteiger partial charge in [0.2, 0.25) is 0 Å². The molecular formula is C8H11F3N2O3. The van der Waals surface area contributed by atoms with Crippen LogP contribution >= 0.6 is 0 Å². The van der Waals surface area contributed by atoms with Gasteiger partial charge in [-0.25, -0.2) is 4.79 Å². The van der Waals surface area contributed by atoms with E-state index in [0.717, 1.165) is 4.90 Å². The highest BCUT2D eigenvalue weighted by Crippen LogP contribution is 2.28. The molecule has 1 heterocycles. The molecule has 1 atom stereocenters. The Balaban J connectivity index is 2.79. The van der Waals surface area contributed by atoms with Crippen LogP contribution in [0.15, 0.2) is 0 Å². The first-order valence-electron chi connectivity index (χ1n) is 4.57. The van der Waals surface area contributed by atoms with E-state index in [1.807, 2.05) is 0 Å². The van der Waals surface area contributed by atoms with Crippen LogP contribution in [0.2, 0.25) is 0 Å². The van der Waals surface area contributed by atoms with Crippen molar-refractivity contribution in [1.29, 1.82) is 0 Å². The van der Waals surface area contributed by atoms with Gasteiger partial charge in [-0.2, -0.15) is 13.2 Å².